The molecular weight excluding hydrogens is 337 g/mol. The van der Waals surface area contributed by atoms with Crippen molar-refractivity contribution in [2.45, 2.75) is 13.1 Å². The second-order valence-corrected chi connectivity index (χ2v) is 5.23. The number of hydrogen-bond donors (Lipinski definition) is 0. The van der Waals surface area contributed by atoms with Crippen LogP contribution in [0.4, 0.5) is 13.2 Å². The highest BCUT2D eigenvalue weighted by atomic mass is 19.4. The largest absolute Gasteiger partial charge is 0.433 e. The summed E-state index contributed by atoms with van der Waals surface area (Å²) in [7, 11) is 0. The maximum atomic E-state index is 13.2. The molecule has 0 aromatic carbocycles. The minimum atomic E-state index is -4.56. The van der Waals surface area contributed by atoms with Crippen molar-refractivity contribution in [1.82, 2.24) is 29.8 Å². The summed E-state index contributed by atoms with van der Waals surface area (Å²) in [5, 5.41) is 11.7. The second-order valence-electron chi connectivity index (χ2n) is 5.23. The molecular formula is C15H9F3N6O. The van der Waals surface area contributed by atoms with E-state index < -0.39 is 11.9 Å². The number of fused-ring (bicyclic) bond motifs is 1. The number of nitrogens with zero attached hydrogens (tertiary/aromatic N) is 6. The minimum Gasteiger partial charge on any atom is -0.415 e. The Kier molecular flexibility index (Phi) is 3.27. The molecule has 0 amide bonds. The van der Waals surface area contributed by atoms with E-state index >= 15 is 0 Å². The van der Waals surface area contributed by atoms with Gasteiger partial charge in [0.05, 0.1) is 0 Å². The van der Waals surface area contributed by atoms with E-state index in [1.54, 1.807) is 24.5 Å². The highest BCUT2D eigenvalue weighted by molar-refractivity contribution is 5.59. The molecule has 7 nitrogen and oxygen atoms in total. The Morgan fingerprint density at radius 2 is 1.76 bits per heavy atom. The first-order chi connectivity index (χ1) is 11.9. The molecule has 4 heterocycles. The molecule has 0 atom stereocenters. The Hall–Kier alpha value is -3.30. The van der Waals surface area contributed by atoms with Gasteiger partial charge in [-0.3, -0.25) is 4.98 Å². The molecule has 0 bridgehead atoms. The Balaban J connectivity index is 1.82. The summed E-state index contributed by atoms with van der Waals surface area (Å²) in [6.07, 6.45) is -1.44. The van der Waals surface area contributed by atoms with Gasteiger partial charge in [0, 0.05) is 29.7 Å². The van der Waals surface area contributed by atoms with Crippen molar-refractivity contribution < 1.29 is 17.6 Å². The van der Waals surface area contributed by atoms with Crippen molar-refractivity contribution in [3.05, 3.63) is 48.0 Å². The molecule has 0 unspecified atom stereocenters. The van der Waals surface area contributed by atoms with Crippen LogP contribution in [0.1, 0.15) is 11.4 Å². The van der Waals surface area contributed by atoms with Crippen LogP contribution in [0, 0.1) is 6.92 Å². The number of halogens is 3. The van der Waals surface area contributed by atoms with E-state index in [-0.39, 0.29) is 28.8 Å². The number of rotatable bonds is 2. The molecule has 0 N–H and O–H groups in total. The molecule has 10 heteroatoms. The lowest BCUT2D eigenvalue weighted by atomic mass is 10.3. The Morgan fingerprint density at radius 3 is 2.48 bits per heavy atom. The van der Waals surface area contributed by atoms with Gasteiger partial charge in [-0.15, -0.1) is 10.2 Å². The van der Waals surface area contributed by atoms with E-state index in [0.29, 0.717) is 5.56 Å². The summed E-state index contributed by atoms with van der Waals surface area (Å²) in [6.45, 7) is 1.48. The molecule has 25 heavy (non-hydrogen) atoms. The summed E-state index contributed by atoms with van der Waals surface area (Å²) in [5.74, 6) is 0.220. The molecule has 0 radical (unpaired) electrons. The van der Waals surface area contributed by atoms with Crippen LogP contribution in [-0.2, 0) is 6.18 Å². The van der Waals surface area contributed by atoms with Gasteiger partial charge in [0.25, 0.3) is 5.89 Å². The first-order valence-electron chi connectivity index (χ1n) is 7.11. The monoisotopic (exact) mass is 346 g/mol. The molecule has 126 valence electrons. The number of aryl methyl sites for hydroxylation is 1. The highest BCUT2D eigenvalue weighted by Crippen LogP contribution is 2.31. The van der Waals surface area contributed by atoms with Crippen LogP contribution in [0.3, 0.4) is 0 Å². The molecule has 0 fully saturated rings. The van der Waals surface area contributed by atoms with Crippen LogP contribution in [0.5, 0.6) is 0 Å². The summed E-state index contributed by atoms with van der Waals surface area (Å²) in [5.41, 5.74) is 0.106. The maximum absolute atomic E-state index is 13.2. The fraction of sp³-hybridized carbons (Fsp3) is 0.133. The lowest BCUT2D eigenvalue weighted by molar-refractivity contribution is -0.142. The van der Waals surface area contributed by atoms with Crippen molar-refractivity contribution in [1.29, 1.82) is 0 Å². The second kappa shape index (κ2) is 5.36. The fourth-order valence-corrected chi connectivity index (χ4v) is 2.34. The third kappa shape index (κ3) is 2.71. The van der Waals surface area contributed by atoms with E-state index in [1.807, 2.05) is 0 Å². The van der Waals surface area contributed by atoms with Gasteiger partial charge < -0.3 is 4.42 Å². The van der Waals surface area contributed by atoms with Crippen molar-refractivity contribution in [2.24, 2.45) is 0 Å². The summed E-state index contributed by atoms with van der Waals surface area (Å²) in [4.78, 5) is 7.95. The quantitative estimate of drug-likeness (QED) is 0.554. The lowest BCUT2D eigenvalue weighted by Gasteiger charge is -2.08. The molecule has 0 aliphatic carbocycles. The predicted molar refractivity (Wildman–Crippen MR) is 79.2 cm³/mol. The lowest BCUT2D eigenvalue weighted by Crippen LogP contribution is -2.13. The standard InChI is InChI=1S/C15H9F3N6O/c1-8-6-11(15(16,17)18)24-12(20-8)7-10(23-24)14-22-21-13(25-14)9-2-4-19-5-3-9/h2-7H,1H3. The Bertz CT molecular complexity index is 1050. The van der Waals surface area contributed by atoms with Crippen LogP contribution >= 0.6 is 0 Å². The van der Waals surface area contributed by atoms with Crippen LogP contribution in [0.2, 0.25) is 0 Å². The first kappa shape index (κ1) is 15.2. The topological polar surface area (TPSA) is 82.0 Å². The van der Waals surface area contributed by atoms with Gasteiger partial charge in [-0.1, -0.05) is 0 Å². The normalized spacial score (nSPS) is 12.0. The van der Waals surface area contributed by atoms with Crippen molar-refractivity contribution >= 4 is 5.65 Å². The average molecular weight is 346 g/mol. The average Bonchev–Trinajstić information content (AvgIpc) is 3.20. The summed E-state index contributed by atoms with van der Waals surface area (Å²) < 4.78 is 45.8. The molecule has 0 aliphatic rings. The van der Waals surface area contributed by atoms with E-state index in [4.69, 9.17) is 4.42 Å². The molecule has 4 aromatic heterocycles. The summed E-state index contributed by atoms with van der Waals surface area (Å²) >= 11 is 0. The first-order valence-corrected chi connectivity index (χ1v) is 7.11. The maximum Gasteiger partial charge on any atom is 0.433 e. The van der Waals surface area contributed by atoms with E-state index in [2.05, 4.69) is 25.3 Å². The van der Waals surface area contributed by atoms with Crippen molar-refractivity contribution in [3.63, 3.8) is 0 Å². The van der Waals surface area contributed by atoms with Gasteiger partial charge in [0.15, 0.2) is 11.3 Å². The van der Waals surface area contributed by atoms with Gasteiger partial charge >= 0.3 is 6.18 Å². The van der Waals surface area contributed by atoms with Crippen LogP contribution in [0.15, 0.2) is 41.1 Å². The smallest absolute Gasteiger partial charge is 0.415 e. The summed E-state index contributed by atoms with van der Waals surface area (Å²) in [6, 6.07) is 5.65. The van der Waals surface area contributed by atoms with Gasteiger partial charge in [-0.25, -0.2) is 9.50 Å². The molecule has 4 rings (SSSR count). The van der Waals surface area contributed by atoms with E-state index in [1.165, 1.54) is 13.0 Å². The highest BCUT2D eigenvalue weighted by Gasteiger charge is 2.35. The van der Waals surface area contributed by atoms with Gasteiger partial charge in [-0.2, -0.15) is 18.3 Å². The van der Waals surface area contributed by atoms with E-state index in [9.17, 15) is 13.2 Å². The molecule has 0 saturated heterocycles. The minimum absolute atomic E-state index is 0.00286. The van der Waals surface area contributed by atoms with Crippen molar-refractivity contribution in [2.75, 3.05) is 0 Å². The molecule has 0 spiro atoms. The number of alkyl halides is 3. The van der Waals surface area contributed by atoms with Gasteiger partial charge in [-0.05, 0) is 25.1 Å². The predicted octanol–water partition coefficient (Wildman–Crippen LogP) is 3.17. The number of hydrogen-bond acceptors (Lipinski definition) is 6. The fourth-order valence-electron chi connectivity index (χ4n) is 2.34. The van der Waals surface area contributed by atoms with Crippen molar-refractivity contribution in [3.8, 4) is 23.0 Å². The van der Waals surface area contributed by atoms with E-state index in [0.717, 1.165) is 10.6 Å². The zero-order valence-corrected chi connectivity index (χ0v) is 12.7. The van der Waals surface area contributed by atoms with Crippen LogP contribution in [-0.4, -0.2) is 29.8 Å². The zero-order chi connectivity index (χ0) is 17.6. The molecule has 0 aliphatic heterocycles. The SMILES string of the molecule is Cc1cc(C(F)(F)F)n2nc(-c3nnc(-c4ccncc4)o3)cc2n1. The zero-order valence-electron chi connectivity index (χ0n) is 12.7. The van der Waals surface area contributed by atoms with Crippen LogP contribution in [0.25, 0.3) is 28.7 Å². The third-order valence-electron chi connectivity index (χ3n) is 3.42. The number of pyridine rings is 1. The molecule has 4 aromatic rings. The van der Waals surface area contributed by atoms with Crippen LogP contribution < -0.4 is 0 Å². The number of aromatic nitrogens is 6. The van der Waals surface area contributed by atoms with Gasteiger partial charge in [0.1, 0.15) is 5.69 Å². The Morgan fingerprint density at radius 1 is 1.04 bits per heavy atom. The molecule has 0 saturated carbocycles. The third-order valence-corrected chi connectivity index (χ3v) is 3.42. The Labute approximate surface area is 138 Å². The van der Waals surface area contributed by atoms with Gasteiger partial charge in [0.2, 0.25) is 5.89 Å².